The van der Waals surface area contributed by atoms with E-state index in [1.165, 1.54) is 5.56 Å². The molecule has 0 spiro atoms. The highest BCUT2D eigenvalue weighted by Crippen LogP contribution is 2.03. The number of alkyl halides is 1. The number of rotatable bonds is 7. The van der Waals surface area contributed by atoms with E-state index in [0.717, 1.165) is 31.4 Å². The second-order valence-electron chi connectivity index (χ2n) is 4.26. The SMILES string of the molecule is Cc1ccc(CC(=O)NCCCCCCl)cc1. The van der Waals surface area contributed by atoms with Crippen molar-refractivity contribution in [3.05, 3.63) is 35.4 Å². The summed E-state index contributed by atoms with van der Waals surface area (Å²) in [5, 5.41) is 2.92. The average Bonchev–Trinajstić information content (AvgIpc) is 2.32. The molecule has 0 aliphatic carbocycles. The Kier molecular flexibility index (Phi) is 6.71. The maximum atomic E-state index is 11.6. The monoisotopic (exact) mass is 253 g/mol. The van der Waals surface area contributed by atoms with Crippen molar-refractivity contribution < 1.29 is 4.79 Å². The predicted molar refractivity (Wildman–Crippen MR) is 72.5 cm³/mol. The highest BCUT2D eigenvalue weighted by Gasteiger charge is 2.02. The zero-order chi connectivity index (χ0) is 12.5. The summed E-state index contributed by atoms with van der Waals surface area (Å²) in [6.45, 7) is 2.79. The molecule has 2 nitrogen and oxygen atoms in total. The van der Waals surface area contributed by atoms with Gasteiger partial charge in [0, 0.05) is 12.4 Å². The summed E-state index contributed by atoms with van der Waals surface area (Å²) in [4.78, 5) is 11.6. The number of carbonyl (C=O) groups is 1. The van der Waals surface area contributed by atoms with E-state index in [0.29, 0.717) is 12.3 Å². The molecule has 0 unspecified atom stereocenters. The fourth-order valence-electron chi connectivity index (χ4n) is 1.58. The number of halogens is 1. The lowest BCUT2D eigenvalue weighted by atomic mass is 10.1. The molecular formula is C14H20ClNO. The van der Waals surface area contributed by atoms with E-state index in [2.05, 4.69) is 5.32 Å². The van der Waals surface area contributed by atoms with Crippen LogP contribution in [0.25, 0.3) is 0 Å². The summed E-state index contributed by atoms with van der Waals surface area (Å²) in [6.07, 6.45) is 3.58. The second-order valence-corrected chi connectivity index (χ2v) is 4.64. The molecule has 17 heavy (non-hydrogen) atoms. The fraction of sp³-hybridized carbons (Fsp3) is 0.500. The van der Waals surface area contributed by atoms with E-state index >= 15 is 0 Å². The van der Waals surface area contributed by atoms with Gasteiger partial charge < -0.3 is 5.32 Å². The van der Waals surface area contributed by atoms with Crippen LogP contribution >= 0.6 is 11.6 Å². The van der Waals surface area contributed by atoms with Crippen molar-refractivity contribution in [2.45, 2.75) is 32.6 Å². The molecule has 0 bridgehead atoms. The van der Waals surface area contributed by atoms with Crippen LogP contribution in [0, 0.1) is 6.92 Å². The van der Waals surface area contributed by atoms with E-state index < -0.39 is 0 Å². The minimum atomic E-state index is 0.0970. The van der Waals surface area contributed by atoms with Gasteiger partial charge in [0.05, 0.1) is 6.42 Å². The Morgan fingerprint density at radius 1 is 1.18 bits per heavy atom. The molecule has 0 aliphatic heterocycles. The topological polar surface area (TPSA) is 29.1 Å². The van der Waals surface area contributed by atoms with Crippen molar-refractivity contribution in [3.63, 3.8) is 0 Å². The zero-order valence-corrected chi connectivity index (χ0v) is 11.1. The van der Waals surface area contributed by atoms with Gasteiger partial charge in [-0.2, -0.15) is 0 Å². The largest absolute Gasteiger partial charge is 0.356 e. The number of hydrogen-bond acceptors (Lipinski definition) is 1. The van der Waals surface area contributed by atoms with Crippen LogP contribution in [-0.2, 0) is 11.2 Å². The Morgan fingerprint density at radius 3 is 2.53 bits per heavy atom. The number of hydrogen-bond donors (Lipinski definition) is 1. The van der Waals surface area contributed by atoms with Crippen molar-refractivity contribution in [2.75, 3.05) is 12.4 Å². The van der Waals surface area contributed by atoms with Gasteiger partial charge in [0.2, 0.25) is 5.91 Å². The maximum absolute atomic E-state index is 11.6. The Hall–Kier alpha value is -1.02. The average molecular weight is 254 g/mol. The molecule has 1 amide bonds. The summed E-state index contributed by atoms with van der Waals surface area (Å²) < 4.78 is 0. The van der Waals surface area contributed by atoms with Crippen molar-refractivity contribution in [2.24, 2.45) is 0 Å². The number of nitrogens with one attached hydrogen (secondary N) is 1. The molecule has 0 saturated carbocycles. The molecule has 3 heteroatoms. The molecule has 0 aliphatic rings. The van der Waals surface area contributed by atoms with E-state index in [-0.39, 0.29) is 5.91 Å². The van der Waals surface area contributed by atoms with Gasteiger partial charge in [0.1, 0.15) is 0 Å². The van der Waals surface area contributed by atoms with E-state index in [4.69, 9.17) is 11.6 Å². The summed E-state index contributed by atoms with van der Waals surface area (Å²) in [6, 6.07) is 8.07. The van der Waals surface area contributed by atoms with Gasteiger partial charge in [-0.25, -0.2) is 0 Å². The molecule has 0 fully saturated rings. The molecule has 0 aromatic heterocycles. The maximum Gasteiger partial charge on any atom is 0.224 e. The number of unbranched alkanes of at least 4 members (excludes halogenated alkanes) is 2. The van der Waals surface area contributed by atoms with Crippen molar-refractivity contribution >= 4 is 17.5 Å². The van der Waals surface area contributed by atoms with Crippen LogP contribution < -0.4 is 5.32 Å². The fourth-order valence-corrected chi connectivity index (χ4v) is 1.77. The van der Waals surface area contributed by atoms with Gasteiger partial charge >= 0.3 is 0 Å². The van der Waals surface area contributed by atoms with Crippen LogP contribution in [0.1, 0.15) is 30.4 Å². The molecule has 1 aromatic rings. The highest BCUT2D eigenvalue weighted by atomic mass is 35.5. The third kappa shape index (κ3) is 6.32. The smallest absolute Gasteiger partial charge is 0.224 e. The van der Waals surface area contributed by atoms with E-state index in [9.17, 15) is 4.79 Å². The van der Waals surface area contributed by atoms with Crippen LogP contribution in [0.3, 0.4) is 0 Å². The zero-order valence-electron chi connectivity index (χ0n) is 10.3. The molecule has 0 radical (unpaired) electrons. The first-order chi connectivity index (χ1) is 8.22. The van der Waals surface area contributed by atoms with Crippen molar-refractivity contribution in [1.29, 1.82) is 0 Å². The predicted octanol–water partition coefficient (Wildman–Crippen LogP) is 3.06. The highest BCUT2D eigenvalue weighted by molar-refractivity contribution is 6.17. The lowest BCUT2D eigenvalue weighted by molar-refractivity contribution is -0.120. The third-order valence-electron chi connectivity index (χ3n) is 2.62. The first kappa shape index (κ1) is 14.0. The quantitative estimate of drug-likeness (QED) is 0.587. The van der Waals surface area contributed by atoms with Gasteiger partial charge in [0.25, 0.3) is 0 Å². The summed E-state index contributed by atoms with van der Waals surface area (Å²) in [5.74, 6) is 0.803. The molecule has 1 aromatic carbocycles. The Bertz CT molecular complexity index is 335. The number of benzene rings is 1. The molecule has 94 valence electrons. The Balaban J connectivity index is 2.18. The van der Waals surface area contributed by atoms with Gasteiger partial charge in [-0.05, 0) is 25.3 Å². The van der Waals surface area contributed by atoms with Crippen molar-refractivity contribution in [3.8, 4) is 0 Å². The summed E-state index contributed by atoms with van der Waals surface area (Å²) >= 11 is 5.58. The third-order valence-corrected chi connectivity index (χ3v) is 2.89. The van der Waals surface area contributed by atoms with Gasteiger partial charge in [-0.1, -0.05) is 36.2 Å². The van der Waals surface area contributed by atoms with Gasteiger partial charge in [0.15, 0.2) is 0 Å². The number of aryl methyl sites for hydroxylation is 1. The molecule has 1 rings (SSSR count). The standard InChI is InChI=1S/C14H20ClNO/c1-12-5-7-13(8-6-12)11-14(17)16-10-4-2-3-9-15/h5-8H,2-4,9-11H2,1H3,(H,16,17). The van der Waals surface area contributed by atoms with Crippen molar-refractivity contribution in [1.82, 2.24) is 5.32 Å². The lowest BCUT2D eigenvalue weighted by Crippen LogP contribution is -2.26. The van der Waals surface area contributed by atoms with E-state index in [1.807, 2.05) is 31.2 Å². The summed E-state index contributed by atoms with van der Waals surface area (Å²) in [5.41, 5.74) is 2.28. The van der Waals surface area contributed by atoms with Gasteiger partial charge in [-0.15, -0.1) is 11.6 Å². The van der Waals surface area contributed by atoms with Crippen LogP contribution in [0.5, 0.6) is 0 Å². The molecule has 0 atom stereocenters. The normalized spacial score (nSPS) is 10.2. The molecular weight excluding hydrogens is 234 g/mol. The van der Waals surface area contributed by atoms with Crippen LogP contribution in [0.15, 0.2) is 24.3 Å². The van der Waals surface area contributed by atoms with Crippen LogP contribution in [0.2, 0.25) is 0 Å². The minimum Gasteiger partial charge on any atom is -0.356 e. The number of amides is 1. The minimum absolute atomic E-state index is 0.0970. The number of carbonyl (C=O) groups excluding carboxylic acids is 1. The first-order valence-electron chi connectivity index (χ1n) is 6.10. The van der Waals surface area contributed by atoms with Gasteiger partial charge in [-0.3, -0.25) is 4.79 Å². The molecule has 0 saturated heterocycles. The van der Waals surface area contributed by atoms with E-state index in [1.54, 1.807) is 0 Å². The van der Waals surface area contributed by atoms with Crippen LogP contribution in [0.4, 0.5) is 0 Å². The molecule has 0 heterocycles. The summed E-state index contributed by atoms with van der Waals surface area (Å²) in [7, 11) is 0. The van der Waals surface area contributed by atoms with Crippen LogP contribution in [-0.4, -0.2) is 18.3 Å². The first-order valence-corrected chi connectivity index (χ1v) is 6.64. The Labute approximate surface area is 108 Å². The second kappa shape index (κ2) is 8.13. The Morgan fingerprint density at radius 2 is 1.88 bits per heavy atom. The lowest BCUT2D eigenvalue weighted by Gasteiger charge is -2.05. The molecule has 1 N–H and O–H groups in total.